The van der Waals surface area contributed by atoms with Gasteiger partial charge in [0.2, 0.25) is 0 Å². The van der Waals surface area contributed by atoms with Gasteiger partial charge in [0.15, 0.2) is 5.82 Å². The van der Waals surface area contributed by atoms with Crippen LogP contribution in [0.5, 0.6) is 6.01 Å². The van der Waals surface area contributed by atoms with E-state index in [2.05, 4.69) is 20.3 Å². The lowest BCUT2D eigenvalue weighted by Crippen LogP contribution is -2.02. The van der Waals surface area contributed by atoms with Crippen molar-refractivity contribution >= 4 is 28.8 Å². The maximum atomic E-state index is 5.97. The largest absolute Gasteiger partial charge is 0.467 e. The number of nitrogens with one attached hydrogen (secondary N) is 1. The topological polar surface area (TPSA) is 59.9 Å². The van der Waals surface area contributed by atoms with E-state index in [1.807, 2.05) is 13.1 Å². The maximum absolute atomic E-state index is 5.97. The first kappa shape index (κ1) is 12.1. The molecule has 0 bridgehead atoms. The van der Waals surface area contributed by atoms with Crippen molar-refractivity contribution in [1.29, 1.82) is 0 Å². The van der Waals surface area contributed by atoms with Crippen molar-refractivity contribution < 1.29 is 4.74 Å². The average Bonchev–Trinajstić information content (AvgIpc) is 2.74. The molecule has 0 saturated carbocycles. The normalized spacial score (nSPS) is 10.3. The molecule has 2 aromatic rings. The minimum Gasteiger partial charge on any atom is -0.467 e. The highest BCUT2D eigenvalue weighted by molar-refractivity contribution is 7.11. The van der Waals surface area contributed by atoms with Crippen LogP contribution in [0.25, 0.3) is 0 Å². The Kier molecular flexibility index (Phi) is 3.75. The molecule has 2 aromatic heterocycles. The first-order valence-corrected chi connectivity index (χ1v) is 6.10. The van der Waals surface area contributed by atoms with Crippen molar-refractivity contribution in [3.05, 3.63) is 27.3 Å². The van der Waals surface area contributed by atoms with Crippen molar-refractivity contribution in [2.24, 2.45) is 0 Å². The van der Waals surface area contributed by atoms with Crippen LogP contribution in [-0.2, 0) is 6.54 Å². The number of aryl methyl sites for hydroxylation is 1. The summed E-state index contributed by atoms with van der Waals surface area (Å²) in [7, 11) is 1.51. The van der Waals surface area contributed by atoms with E-state index in [9.17, 15) is 0 Å². The van der Waals surface area contributed by atoms with Crippen molar-refractivity contribution in [1.82, 2.24) is 15.0 Å². The molecule has 2 rings (SSSR count). The second kappa shape index (κ2) is 5.29. The van der Waals surface area contributed by atoms with Gasteiger partial charge in [-0.2, -0.15) is 4.98 Å². The molecule has 0 fully saturated rings. The number of nitrogens with zero attached hydrogens (tertiary/aromatic N) is 3. The molecule has 0 aromatic carbocycles. The van der Waals surface area contributed by atoms with Gasteiger partial charge >= 0.3 is 6.01 Å². The van der Waals surface area contributed by atoms with Gasteiger partial charge in [-0.15, -0.1) is 11.3 Å². The Bertz CT molecular complexity index is 517. The summed E-state index contributed by atoms with van der Waals surface area (Å²) in [4.78, 5) is 13.3. The lowest BCUT2D eigenvalue weighted by molar-refractivity contribution is 0.380. The van der Waals surface area contributed by atoms with E-state index < -0.39 is 0 Å². The van der Waals surface area contributed by atoms with Crippen molar-refractivity contribution in [2.45, 2.75) is 13.5 Å². The number of hydrogen-bond acceptors (Lipinski definition) is 6. The third-order valence-electron chi connectivity index (χ3n) is 2.00. The van der Waals surface area contributed by atoms with Crippen LogP contribution in [0.4, 0.5) is 5.82 Å². The van der Waals surface area contributed by atoms with Crippen LogP contribution in [0.1, 0.15) is 9.88 Å². The Morgan fingerprint density at radius 3 is 2.88 bits per heavy atom. The molecule has 5 nitrogen and oxygen atoms in total. The van der Waals surface area contributed by atoms with Crippen LogP contribution in [0, 0.1) is 6.92 Å². The number of hydrogen-bond donors (Lipinski definition) is 1. The smallest absolute Gasteiger partial charge is 0.318 e. The summed E-state index contributed by atoms with van der Waals surface area (Å²) < 4.78 is 4.94. The van der Waals surface area contributed by atoms with Crippen LogP contribution >= 0.6 is 22.9 Å². The highest BCUT2D eigenvalue weighted by Gasteiger charge is 2.06. The van der Waals surface area contributed by atoms with Gasteiger partial charge in [-0.3, -0.25) is 0 Å². The summed E-state index contributed by atoms with van der Waals surface area (Å²) in [6.07, 6.45) is 3.34. The highest BCUT2D eigenvalue weighted by atomic mass is 35.5. The van der Waals surface area contributed by atoms with E-state index in [0.29, 0.717) is 17.4 Å². The summed E-state index contributed by atoms with van der Waals surface area (Å²) in [5, 5.41) is 4.62. The zero-order valence-corrected chi connectivity index (χ0v) is 11.0. The SMILES string of the molecule is COc1ncc(Cl)c(NCc2cnc(C)s2)n1. The standard InChI is InChI=1S/C10H11ClN4OS/c1-6-12-3-7(17-6)4-13-9-8(11)5-14-10(15-9)16-2/h3,5H,4H2,1-2H3,(H,13,14,15). The molecule has 0 aliphatic heterocycles. The molecule has 0 saturated heterocycles. The molecule has 0 radical (unpaired) electrons. The molecule has 0 unspecified atom stereocenters. The number of rotatable bonds is 4. The number of thiazole rings is 1. The molecule has 90 valence electrons. The van der Waals surface area contributed by atoms with Gasteiger partial charge in [0.1, 0.15) is 5.02 Å². The quantitative estimate of drug-likeness (QED) is 0.925. The Balaban J connectivity index is 2.07. The zero-order valence-electron chi connectivity index (χ0n) is 9.40. The molecule has 0 amide bonds. The molecule has 0 spiro atoms. The third kappa shape index (κ3) is 3.04. The number of halogens is 1. The van der Waals surface area contributed by atoms with Crippen molar-refractivity contribution in [2.75, 3.05) is 12.4 Å². The number of ether oxygens (including phenoxy) is 1. The van der Waals surface area contributed by atoms with Crippen LogP contribution in [0.15, 0.2) is 12.4 Å². The van der Waals surface area contributed by atoms with Gasteiger partial charge in [0, 0.05) is 11.1 Å². The molecule has 2 heterocycles. The minimum atomic E-state index is 0.289. The van der Waals surface area contributed by atoms with Crippen molar-refractivity contribution in [3.8, 4) is 6.01 Å². The number of aromatic nitrogens is 3. The van der Waals surface area contributed by atoms with Crippen LogP contribution in [-0.4, -0.2) is 22.1 Å². The lowest BCUT2D eigenvalue weighted by atomic mass is 10.5. The monoisotopic (exact) mass is 270 g/mol. The predicted molar refractivity (Wildman–Crippen MR) is 67.8 cm³/mol. The molecule has 0 aliphatic rings. The van der Waals surface area contributed by atoms with Gasteiger partial charge < -0.3 is 10.1 Å². The van der Waals surface area contributed by atoms with E-state index in [1.165, 1.54) is 13.3 Å². The van der Waals surface area contributed by atoms with E-state index in [-0.39, 0.29) is 6.01 Å². The molecule has 0 aliphatic carbocycles. The van der Waals surface area contributed by atoms with Crippen LogP contribution in [0.3, 0.4) is 0 Å². The average molecular weight is 271 g/mol. The Labute approximate surface area is 108 Å². The van der Waals surface area contributed by atoms with E-state index in [1.54, 1.807) is 11.3 Å². The fourth-order valence-corrected chi connectivity index (χ4v) is 2.12. The Morgan fingerprint density at radius 1 is 1.41 bits per heavy atom. The summed E-state index contributed by atoms with van der Waals surface area (Å²) in [5.41, 5.74) is 0. The van der Waals surface area contributed by atoms with E-state index in [4.69, 9.17) is 16.3 Å². The molecule has 1 N–H and O–H groups in total. The first-order chi connectivity index (χ1) is 8.19. The van der Waals surface area contributed by atoms with Gasteiger partial charge in [-0.05, 0) is 6.92 Å². The minimum absolute atomic E-state index is 0.289. The number of anilines is 1. The predicted octanol–water partition coefficient (Wildman–Crippen LogP) is 2.52. The fraction of sp³-hybridized carbons (Fsp3) is 0.300. The van der Waals surface area contributed by atoms with Gasteiger partial charge in [0.05, 0.1) is 24.9 Å². The van der Waals surface area contributed by atoms with E-state index >= 15 is 0 Å². The Morgan fingerprint density at radius 2 is 2.24 bits per heavy atom. The van der Waals surface area contributed by atoms with E-state index in [0.717, 1.165) is 9.88 Å². The van der Waals surface area contributed by atoms with Crippen LogP contribution < -0.4 is 10.1 Å². The van der Waals surface area contributed by atoms with Gasteiger partial charge in [-0.25, -0.2) is 9.97 Å². The molecule has 7 heteroatoms. The van der Waals surface area contributed by atoms with Gasteiger partial charge in [0.25, 0.3) is 0 Å². The summed E-state index contributed by atoms with van der Waals surface area (Å²) in [6, 6.07) is 0.289. The first-order valence-electron chi connectivity index (χ1n) is 4.90. The summed E-state index contributed by atoms with van der Waals surface area (Å²) >= 11 is 7.60. The second-order valence-corrected chi connectivity index (χ2v) is 4.98. The molecule has 0 atom stereocenters. The number of methoxy groups -OCH3 is 1. The fourth-order valence-electron chi connectivity index (χ4n) is 1.23. The summed E-state index contributed by atoms with van der Waals surface area (Å²) in [5.74, 6) is 0.560. The van der Waals surface area contributed by atoms with Crippen LogP contribution in [0.2, 0.25) is 5.02 Å². The van der Waals surface area contributed by atoms with Gasteiger partial charge in [-0.1, -0.05) is 11.6 Å². The summed E-state index contributed by atoms with van der Waals surface area (Å²) in [6.45, 7) is 2.60. The van der Waals surface area contributed by atoms with Crippen molar-refractivity contribution in [3.63, 3.8) is 0 Å². The Hall–Kier alpha value is -1.40. The maximum Gasteiger partial charge on any atom is 0.318 e. The zero-order chi connectivity index (χ0) is 12.3. The lowest BCUT2D eigenvalue weighted by Gasteiger charge is -2.06. The second-order valence-electron chi connectivity index (χ2n) is 3.25. The molecular weight excluding hydrogens is 260 g/mol. The molecule has 17 heavy (non-hydrogen) atoms. The third-order valence-corrected chi connectivity index (χ3v) is 3.19. The molecular formula is C10H11ClN4OS. The highest BCUT2D eigenvalue weighted by Crippen LogP contribution is 2.21.